The highest BCUT2D eigenvalue weighted by molar-refractivity contribution is 7.15. The summed E-state index contributed by atoms with van der Waals surface area (Å²) >= 11 is 1.64. The Hall–Kier alpha value is -0.980. The topological polar surface area (TPSA) is 48.5 Å². The molecule has 1 aromatic heterocycles. The lowest BCUT2D eigenvalue weighted by Crippen LogP contribution is -2.64. The summed E-state index contributed by atoms with van der Waals surface area (Å²) in [6.07, 6.45) is 1.92. The Bertz CT molecular complexity index is 508. The first-order valence-electron chi connectivity index (χ1n) is 7.19. The monoisotopic (exact) mass is 294 g/mol. The second kappa shape index (κ2) is 5.09. The summed E-state index contributed by atoms with van der Waals surface area (Å²) in [6.45, 7) is 10.9. The Balaban J connectivity index is 1.80. The normalized spacial score (nSPS) is 24.9. The van der Waals surface area contributed by atoms with Crippen LogP contribution in [0.15, 0.2) is 6.20 Å². The number of carbonyl (C=O) groups is 1. The van der Waals surface area contributed by atoms with Crippen LogP contribution in [0.1, 0.15) is 25.6 Å². The Morgan fingerprint density at radius 1 is 1.35 bits per heavy atom. The molecule has 6 heteroatoms. The lowest BCUT2D eigenvalue weighted by atomic mass is 9.96. The minimum Gasteiger partial charge on any atom is -0.313 e. The predicted octanol–water partition coefficient (Wildman–Crippen LogP) is 1.06. The van der Waals surface area contributed by atoms with E-state index in [-0.39, 0.29) is 17.4 Å². The summed E-state index contributed by atoms with van der Waals surface area (Å²) < 4.78 is 0. The van der Waals surface area contributed by atoms with Gasteiger partial charge in [-0.25, -0.2) is 4.98 Å². The van der Waals surface area contributed by atoms with Crippen LogP contribution in [-0.4, -0.2) is 54.6 Å². The van der Waals surface area contributed by atoms with Crippen molar-refractivity contribution in [2.75, 3.05) is 37.6 Å². The average molecular weight is 294 g/mol. The van der Waals surface area contributed by atoms with E-state index in [1.165, 1.54) is 4.88 Å². The number of nitrogens with zero attached hydrogens (tertiary/aromatic N) is 3. The number of amides is 1. The molecule has 5 nitrogen and oxygen atoms in total. The van der Waals surface area contributed by atoms with Crippen LogP contribution in [0.3, 0.4) is 0 Å². The summed E-state index contributed by atoms with van der Waals surface area (Å²) in [6, 6.07) is -0.0144. The molecule has 0 aliphatic carbocycles. The SMILES string of the molecule is CC(C)(C)c1cnc(N2CCN3CCNC[C@@H]3C2=O)s1. The van der Waals surface area contributed by atoms with Gasteiger partial charge in [-0.1, -0.05) is 20.8 Å². The van der Waals surface area contributed by atoms with Gasteiger partial charge in [0.1, 0.15) is 6.04 Å². The quantitative estimate of drug-likeness (QED) is 0.841. The van der Waals surface area contributed by atoms with Crippen LogP contribution in [0.2, 0.25) is 0 Å². The lowest BCUT2D eigenvalue weighted by molar-refractivity contribution is -0.126. The first kappa shape index (κ1) is 14.0. The van der Waals surface area contributed by atoms with E-state index in [1.807, 2.05) is 11.1 Å². The fourth-order valence-electron chi connectivity index (χ4n) is 2.70. The Labute approximate surface area is 124 Å². The van der Waals surface area contributed by atoms with E-state index in [4.69, 9.17) is 0 Å². The van der Waals surface area contributed by atoms with Gasteiger partial charge in [-0.15, -0.1) is 11.3 Å². The van der Waals surface area contributed by atoms with E-state index in [0.717, 1.165) is 37.9 Å². The van der Waals surface area contributed by atoms with Crippen LogP contribution in [0.5, 0.6) is 0 Å². The molecule has 2 aliphatic rings. The van der Waals surface area contributed by atoms with Crippen LogP contribution < -0.4 is 10.2 Å². The number of carbonyl (C=O) groups excluding carboxylic acids is 1. The molecular weight excluding hydrogens is 272 g/mol. The van der Waals surface area contributed by atoms with Crippen molar-refractivity contribution in [3.8, 4) is 0 Å². The van der Waals surface area contributed by atoms with Crippen LogP contribution in [-0.2, 0) is 10.2 Å². The van der Waals surface area contributed by atoms with Gasteiger partial charge in [0.15, 0.2) is 5.13 Å². The number of piperazine rings is 2. The maximum Gasteiger partial charge on any atom is 0.247 e. The largest absolute Gasteiger partial charge is 0.313 e. The van der Waals surface area contributed by atoms with E-state index in [0.29, 0.717) is 0 Å². The van der Waals surface area contributed by atoms with Gasteiger partial charge >= 0.3 is 0 Å². The number of hydrogen-bond acceptors (Lipinski definition) is 5. The fraction of sp³-hybridized carbons (Fsp3) is 0.714. The molecule has 3 rings (SSSR count). The van der Waals surface area contributed by atoms with Gasteiger partial charge in [-0.05, 0) is 5.41 Å². The summed E-state index contributed by atoms with van der Waals surface area (Å²) in [7, 11) is 0. The highest BCUT2D eigenvalue weighted by atomic mass is 32.1. The number of hydrogen-bond donors (Lipinski definition) is 1. The molecule has 2 aliphatic heterocycles. The molecule has 2 saturated heterocycles. The highest BCUT2D eigenvalue weighted by Gasteiger charge is 2.37. The predicted molar refractivity (Wildman–Crippen MR) is 81.4 cm³/mol. The molecule has 20 heavy (non-hydrogen) atoms. The van der Waals surface area contributed by atoms with E-state index < -0.39 is 0 Å². The number of fused-ring (bicyclic) bond motifs is 1. The molecule has 0 bridgehead atoms. The molecule has 0 spiro atoms. The minimum atomic E-state index is -0.0144. The van der Waals surface area contributed by atoms with Gasteiger partial charge in [0.2, 0.25) is 5.91 Å². The third-order valence-electron chi connectivity index (χ3n) is 3.98. The molecule has 2 fully saturated rings. The van der Waals surface area contributed by atoms with E-state index in [9.17, 15) is 4.79 Å². The zero-order valence-corrected chi connectivity index (χ0v) is 13.2. The summed E-state index contributed by atoms with van der Waals surface area (Å²) in [4.78, 5) is 22.5. The number of anilines is 1. The van der Waals surface area contributed by atoms with Crippen molar-refractivity contribution in [2.45, 2.75) is 32.2 Å². The molecule has 1 aromatic rings. The summed E-state index contributed by atoms with van der Waals surface area (Å²) in [5.74, 6) is 0.193. The van der Waals surface area contributed by atoms with E-state index >= 15 is 0 Å². The molecular formula is C14H22N4OS. The average Bonchev–Trinajstić information content (AvgIpc) is 2.89. The van der Waals surface area contributed by atoms with Crippen molar-refractivity contribution in [2.24, 2.45) is 0 Å². The number of nitrogens with one attached hydrogen (secondary N) is 1. The molecule has 3 heterocycles. The molecule has 110 valence electrons. The Morgan fingerprint density at radius 2 is 2.15 bits per heavy atom. The third-order valence-corrected chi connectivity index (χ3v) is 5.43. The summed E-state index contributed by atoms with van der Waals surface area (Å²) in [5, 5.41) is 4.16. The standard InChI is InChI=1S/C14H22N4OS/c1-14(2,3)11-9-16-13(20-11)18-7-6-17-5-4-15-8-10(17)12(18)19/h9-10,15H,4-8H2,1-3H3/t10-/m1/s1. The molecule has 0 saturated carbocycles. The van der Waals surface area contributed by atoms with Crippen LogP contribution in [0.4, 0.5) is 5.13 Å². The Morgan fingerprint density at radius 3 is 2.85 bits per heavy atom. The molecule has 1 N–H and O–H groups in total. The van der Waals surface area contributed by atoms with Crippen LogP contribution in [0, 0.1) is 0 Å². The number of aromatic nitrogens is 1. The Kier molecular flexibility index (Phi) is 3.56. The highest BCUT2D eigenvalue weighted by Crippen LogP contribution is 2.33. The third kappa shape index (κ3) is 2.47. The molecule has 0 unspecified atom stereocenters. The molecule has 0 radical (unpaired) electrons. The van der Waals surface area contributed by atoms with Crippen molar-refractivity contribution < 1.29 is 4.79 Å². The van der Waals surface area contributed by atoms with E-state index in [1.54, 1.807) is 11.3 Å². The first-order chi connectivity index (χ1) is 9.47. The maximum atomic E-state index is 12.6. The van der Waals surface area contributed by atoms with Gasteiger partial charge in [0.25, 0.3) is 0 Å². The minimum absolute atomic E-state index is 0.0144. The fourth-order valence-corrected chi connectivity index (χ4v) is 3.71. The van der Waals surface area contributed by atoms with Crippen molar-refractivity contribution >= 4 is 22.4 Å². The first-order valence-corrected chi connectivity index (χ1v) is 8.01. The smallest absolute Gasteiger partial charge is 0.247 e. The van der Waals surface area contributed by atoms with Crippen molar-refractivity contribution in [1.29, 1.82) is 0 Å². The second-order valence-corrected chi connectivity index (χ2v) is 7.51. The number of thiazole rings is 1. The van der Waals surface area contributed by atoms with Gasteiger partial charge in [-0.3, -0.25) is 14.6 Å². The van der Waals surface area contributed by atoms with Gasteiger partial charge in [0.05, 0.1) is 0 Å². The molecule has 1 amide bonds. The second-order valence-electron chi connectivity index (χ2n) is 6.50. The zero-order chi connectivity index (χ0) is 14.3. The van der Waals surface area contributed by atoms with E-state index in [2.05, 4.69) is 36.0 Å². The maximum absolute atomic E-state index is 12.6. The van der Waals surface area contributed by atoms with Gasteiger partial charge in [-0.2, -0.15) is 0 Å². The number of rotatable bonds is 1. The van der Waals surface area contributed by atoms with Gasteiger partial charge < -0.3 is 5.32 Å². The lowest BCUT2D eigenvalue weighted by Gasteiger charge is -2.42. The van der Waals surface area contributed by atoms with Crippen LogP contribution >= 0.6 is 11.3 Å². The summed E-state index contributed by atoms with van der Waals surface area (Å²) in [5.41, 5.74) is 0.0905. The molecule has 0 aromatic carbocycles. The van der Waals surface area contributed by atoms with Crippen molar-refractivity contribution in [1.82, 2.24) is 15.2 Å². The van der Waals surface area contributed by atoms with Crippen molar-refractivity contribution in [3.05, 3.63) is 11.1 Å². The zero-order valence-electron chi connectivity index (χ0n) is 12.3. The molecule has 1 atom stereocenters. The van der Waals surface area contributed by atoms with Crippen LogP contribution in [0.25, 0.3) is 0 Å². The van der Waals surface area contributed by atoms with Crippen molar-refractivity contribution in [3.63, 3.8) is 0 Å². The van der Waals surface area contributed by atoms with Gasteiger partial charge in [0, 0.05) is 43.8 Å².